The number of hydrogen-bond acceptors (Lipinski definition) is 6. The molecule has 0 aliphatic heterocycles. The van der Waals surface area contributed by atoms with Crippen molar-refractivity contribution >= 4 is 11.9 Å². The smallest absolute Gasteiger partial charge is 0.303 e. The van der Waals surface area contributed by atoms with Crippen molar-refractivity contribution in [2.45, 2.75) is 39.3 Å². The zero-order chi connectivity index (χ0) is 23.0. The standard InChI is InChI=1S/C26H30O6/c1-21(27)31-25(15-9-17-29-19-23-11-5-3-6-12-23)26(32-22(2)28)16-10-18-30-20-24-13-7-4-8-14-24/h3-16,25-26H,17-20H2,1-2H3/b15-9+,16-10+/t25-,26-/m0/s1. The summed E-state index contributed by atoms with van der Waals surface area (Å²) in [6.07, 6.45) is 5.26. The van der Waals surface area contributed by atoms with E-state index in [0.29, 0.717) is 26.4 Å². The molecule has 2 rings (SSSR count). The summed E-state index contributed by atoms with van der Waals surface area (Å²) in [5.74, 6) is -0.952. The second-order valence-electron chi connectivity index (χ2n) is 7.01. The summed E-state index contributed by atoms with van der Waals surface area (Å²) >= 11 is 0. The van der Waals surface area contributed by atoms with Crippen molar-refractivity contribution in [1.82, 2.24) is 0 Å². The molecule has 0 unspecified atom stereocenters. The van der Waals surface area contributed by atoms with Gasteiger partial charge < -0.3 is 18.9 Å². The Morgan fingerprint density at radius 2 is 1.06 bits per heavy atom. The summed E-state index contributed by atoms with van der Waals surface area (Å²) in [5.41, 5.74) is 2.13. The topological polar surface area (TPSA) is 71.1 Å². The molecular formula is C26H30O6. The van der Waals surface area contributed by atoms with Gasteiger partial charge in [-0.1, -0.05) is 72.8 Å². The molecule has 0 N–H and O–H groups in total. The molecule has 0 aromatic heterocycles. The molecule has 0 fully saturated rings. The fourth-order valence-electron chi connectivity index (χ4n) is 2.83. The van der Waals surface area contributed by atoms with Crippen molar-refractivity contribution in [2.75, 3.05) is 13.2 Å². The first kappa shape index (κ1) is 25.0. The van der Waals surface area contributed by atoms with E-state index in [4.69, 9.17) is 18.9 Å². The molecule has 6 heteroatoms. The van der Waals surface area contributed by atoms with Crippen LogP contribution >= 0.6 is 0 Å². The van der Waals surface area contributed by atoms with E-state index in [0.717, 1.165) is 11.1 Å². The molecule has 0 aliphatic rings. The van der Waals surface area contributed by atoms with Crippen LogP contribution in [0.2, 0.25) is 0 Å². The van der Waals surface area contributed by atoms with Crippen molar-refractivity contribution in [2.24, 2.45) is 0 Å². The Morgan fingerprint density at radius 1 is 0.688 bits per heavy atom. The molecule has 0 bridgehead atoms. The predicted octanol–water partition coefficient (Wildman–Crippen LogP) is 4.40. The Balaban J connectivity index is 1.90. The lowest BCUT2D eigenvalue weighted by atomic mass is 10.1. The number of rotatable bonds is 13. The molecule has 2 aromatic carbocycles. The van der Waals surface area contributed by atoms with Crippen LogP contribution in [0.3, 0.4) is 0 Å². The fourth-order valence-corrected chi connectivity index (χ4v) is 2.83. The molecule has 0 amide bonds. The van der Waals surface area contributed by atoms with Crippen molar-refractivity contribution in [3.05, 3.63) is 96.1 Å². The van der Waals surface area contributed by atoms with Crippen molar-refractivity contribution in [3.63, 3.8) is 0 Å². The van der Waals surface area contributed by atoms with Gasteiger partial charge in [-0.3, -0.25) is 9.59 Å². The molecule has 0 saturated heterocycles. The van der Waals surface area contributed by atoms with Crippen LogP contribution in [-0.4, -0.2) is 37.4 Å². The molecule has 2 atom stereocenters. The third kappa shape index (κ3) is 10.7. The highest BCUT2D eigenvalue weighted by atomic mass is 16.6. The highest BCUT2D eigenvalue weighted by Gasteiger charge is 2.22. The Hall–Kier alpha value is -3.22. The van der Waals surface area contributed by atoms with Crippen molar-refractivity contribution < 1.29 is 28.5 Å². The number of ether oxygens (including phenoxy) is 4. The second-order valence-corrected chi connectivity index (χ2v) is 7.01. The monoisotopic (exact) mass is 438 g/mol. The zero-order valence-corrected chi connectivity index (χ0v) is 18.5. The van der Waals surface area contributed by atoms with E-state index in [1.54, 1.807) is 24.3 Å². The molecule has 0 spiro atoms. The van der Waals surface area contributed by atoms with Gasteiger partial charge in [0.15, 0.2) is 12.2 Å². The molecule has 0 radical (unpaired) electrons. The van der Waals surface area contributed by atoms with Gasteiger partial charge in [-0.25, -0.2) is 0 Å². The quantitative estimate of drug-likeness (QED) is 0.262. The molecule has 6 nitrogen and oxygen atoms in total. The SMILES string of the molecule is CC(=O)O[C@@H](/C=C/COCc1ccccc1)[C@H](/C=C/COCc1ccccc1)OC(C)=O. The van der Waals surface area contributed by atoms with Crippen molar-refractivity contribution in [3.8, 4) is 0 Å². The van der Waals surface area contributed by atoms with E-state index in [2.05, 4.69) is 0 Å². The minimum Gasteiger partial charge on any atom is -0.454 e. The summed E-state index contributed by atoms with van der Waals surface area (Å²) in [5, 5.41) is 0. The third-order valence-corrected chi connectivity index (χ3v) is 4.23. The predicted molar refractivity (Wildman–Crippen MR) is 122 cm³/mol. The van der Waals surface area contributed by atoms with Gasteiger partial charge in [-0.2, -0.15) is 0 Å². The largest absolute Gasteiger partial charge is 0.454 e. The van der Waals surface area contributed by atoms with Crippen LogP contribution in [0.5, 0.6) is 0 Å². The Bertz CT molecular complexity index is 787. The highest BCUT2D eigenvalue weighted by Crippen LogP contribution is 2.11. The molecule has 32 heavy (non-hydrogen) atoms. The van der Waals surface area contributed by atoms with Gasteiger partial charge >= 0.3 is 11.9 Å². The van der Waals surface area contributed by atoms with Crippen LogP contribution < -0.4 is 0 Å². The summed E-state index contributed by atoms with van der Waals surface area (Å²) in [6.45, 7) is 4.20. The average Bonchev–Trinajstić information content (AvgIpc) is 2.78. The van der Waals surface area contributed by atoms with Crippen LogP contribution in [0.25, 0.3) is 0 Å². The Kier molecular flexibility index (Phi) is 11.5. The maximum Gasteiger partial charge on any atom is 0.303 e. The minimum absolute atomic E-state index is 0.323. The maximum atomic E-state index is 11.6. The number of carbonyl (C=O) groups excluding carboxylic acids is 2. The van der Waals surface area contributed by atoms with Gasteiger partial charge in [0, 0.05) is 13.8 Å². The third-order valence-electron chi connectivity index (χ3n) is 4.23. The number of carbonyl (C=O) groups is 2. The molecule has 0 aliphatic carbocycles. The second kappa shape index (κ2) is 14.7. The highest BCUT2D eigenvalue weighted by molar-refractivity contribution is 5.67. The van der Waals surface area contributed by atoms with E-state index < -0.39 is 24.1 Å². The summed E-state index contributed by atoms with van der Waals surface area (Å²) < 4.78 is 21.9. The van der Waals surface area contributed by atoms with Gasteiger partial charge in [0.25, 0.3) is 0 Å². The Morgan fingerprint density at radius 3 is 1.41 bits per heavy atom. The van der Waals surface area contributed by atoms with Gasteiger partial charge in [0.05, 0.1) is 26.4 Å². The fraction of sp³-hybridized carbons (Fsp3) is 0.308. The number of benzene rings is 2. The van der Waals surface area contributed by atoms with E-state index >= 15 is 0 Å². The summed E-state index contributed by atoms with van der Waals surface area (Å²) in [6, 6.07) is 19.6. The molecule has 170 valence electrons. The maximum absolute atomic E-state index is 11.6. The van der Waals surface area contributed by atoms with E-state index in [9.17, 15) is 9.59 Å². The normalized spacial score (nSPS) is 13.2. The van der Waals surface area contributed by atoms with Crippen LogP contribution in [-0.2, 0) is 41.8 Å². The molecular weight excluding hydrogens is 408 g/mol. The van der Waals surface area contributed by atoms with Gasteiger partial charge in [0.1, 0.15) is 0 Å². The molecule has 0 heterocycles. The van der Waals surface area contributed by atoms with Crippen molar-refractivity contribution in [1.29, 1.82) is 0 Å². The van der Waals surface area contributed by atoms with Crippen LogP contribution in [0.1, 0.15) is 25.0 Å². The summed E-state index contributed by atoms with van der Waals surface area (Å²) in [4.78, 5) is 23.1. The van der Waals surface area contributed by atoms with E-state index in [-0.39, 0.29) is 0 Å². The summed E-state index contributed by atoms with van der Waals surface area (Å²) in [7, 11) is 0. The molecule has 0 saturated carbocycles. The number of esters is 2. The lowest BCUT2D eigenvalue weighted by Crippen LogP contribution is -2.31. The lowest BCUT2D eigenvalue weighted by Gasteiger charge is -2.21. The molecule has 2 aromatic rings. The van der Waals surface area contributed by atoms with E-state index in [1.807, 2.05) is 60.7 Å². The first-order chi connectivity index (χ1) is 15.5. The number of hydrogen-bond donors (Lipinski definition) is 0. The minimum atomic E-state index is -0.776. The Labute approximate surface area is 189 Å². The van der Waals surface area contributed by atoms with Gasteiger partial charge in [0.2, 0.25) is 0 Å². The van der Waals surface area contributed by atoms with Gasteiger partial charge in [-0.05, 0) is 23.3 Å². The zero-order valence-electron chi connectivity index (χ0n) is 18.5. The van der Waals surface area contributed by atoms with Crippen LogP contribution in [0.15, 0.2) is 85.0 Å². The van der Waals surface area contributed by atoms with E-state index in [1.165, 1.54) is 13.8 Å². The van der Waals surface area contributed by atoms with Gasteiger partial charge in [-0.15, -0.1) is 0 Å². The lowest BCUT2D eigenvalue weighted by molar-refractivity contribution is -0.158. The van der Waals surface area contributed by atoms with Crippen LogP contribution in [0.4, 0.5) is 0 Å². The first-order valence-electron chi connectivity index (χ1n) is 10.5. The van der Waals surface area contributed by atoms with Crippen LogP contribution in [0, 0.1) is 0 Å². The first-order valence-corrected chi connectivity index (χ1v) is 10.5. The average molecular weight is 439 g/mol.